The van der Waals surface area contributed by atoms with Crippen LogP contribution in [-0.4, -0.2) is 18.2 Å². The van der Waals surface area contributed by atoms with Crippen LogP contribution in [0.5, 0.6) is 0 Å². The number of rotatable bonds is 6. The Morgan fingerprint density at radius 3 is 2.31 bits per heavy atom. The van der Waals surface area contributed by atoms with Gasteiger partial charge in [-0.1, -0.05) is 20.3 Å². The van der Waals surface area contributed by atoms with E-state index < -0.39 is 0 Å². The van der Waals surface area contributed by atoms with Crippen molar-refractivity contribution in [1.82, 2.24) is 5.32 Å². The lowest BCUT2D eigenvalue weighted by Gasteiger charge is -2.12. The second-order valence-corrected chi connectivity index (χ2v) is 3.27. The molecule has 0 bridgehead atoms. The molecule has 0 aliphatic rings. The molecule has 1 N–H and O–H groups in total. The van der Waals surface area contributed by atoms with Gasteiger partial charge in [0.1, 0.15) is 0 Å². The van der Waals surface area contributed by atoms with E-state index >= 15 is 0 Å². The predicted octanol–water partition coefficient (Wildman–Crippen LogP) is 1.52. The minimum absolute atomic E-state index is 0.122. The Morgan fingerprint density at radius 1 is 1.31 bits per heavy atom. The number of carbonyl (C=O) groups excluding carboxylic acids is 2. The SMILES string of the molecule is CCCC(CC)C(=O)CNC(C)=O. The van der Waals surface area contributed by atoms with Crippen LogP contribution >= 0.6 is 0 Å². The summed E-state index contributed by atoms with van der Waals surface area (Å²) in [5.41, 5.74) is 0. The zero-order valence-electron chi connectivity index (χ0n) is 8.72. The fourth-order valence-corrected chi connectivity index (χ4v) is 1.30. The number of ketones is 1. The third-order valence-electron chi connectivity index (χ3n) is 2.10. The van der Waals surface area contributed by atoms with Gasteiger partial charge in [-0.2, -0.15) is 0 Å². The molecule has 1 unspecified atom stereocenters. The maximum Gasteiger partial charge on any atom is 0.217 e. The number of carbonyl (C=O) groups is 2. The molecule has 0 rings (SSSR count). The van der Waals surface area contributed by atoms with Gasteiger partial charge in [0.15, 0.2) is 5.78 Å². The Morgan fingerprint density at radius 2 is 1.92 bits per heavy atom. The monoisotopic (exact) mass is 185 g/mol. The summed E-state index contributed by atoms with van der Waals surface area (Å²) in [4.78, 5) is 22.0. The Hall–Kier alpha value is -0.860. The van der Waals surface area contributed by atoms with Crippen molar-refractivity contribution in [3.63, 3.8) is 0 Å². The van der Waals surface area contributed by atoms with Crippen LogP contribution in [-0.2, 0) is 9.59 Å². The number of hydrogen-bond donors (Lipinski definition) is 1. The zero-order chi connectivity index (χ0) is 10.3. The lowest BCUT2D eigenvalue weighted by molar-refractivity contribution is -0.126. The largest absolute Gasteiger partial charge is 0.349 e. The van der Waals surface area contributed by atoms with Crippen molar-refractivity contribution in [2.24, 2.45) is 5.92 Å². The zero-order valence-corrected chi connectivity index (χ0v) is 8.72. The van der Waals surface area contributed by atoms with E-state index in [9.17, 15) is 9.59 Å². The molecule has 0 heterocycles. The van der Waals surface area contributed by atoms with Crippen LogP contribution < -0.4 is 5.32 Å². The summed E-state index contributed by atoms with van der Waals surface area (Å²) in [6.07, 6.45) is 2.81. The first-order valence-electron chi connectivity index (χ1n) is 4.88. The van der Waals surface area contributed by atoms with Gasteiger partial charge in [-0.15, -0.1) is 0 Å². The third-order valence-corrected chi connectivity index (χ3v) is 2.10. The molecule has 0 spiro atoms. The summed E-state index contributed by atoms with van der Waals surface area (Å²) >= 11 is 0. The molecular weight excluding hydrogens is 166 g/mol. The molecule has 0 saturated carbocycles. The van der Waals surface area contributed by atoms with E-state index in [2.05, 4.69) is 12.2 Å². The first kappa shape index (κ1) is 12.1. The van der Waals surface area contributed by atoms with Gasteiger partial charge >= 0.3 is 0 Å². The van der Waals surface area contributed by atoms with E-state index in [1.807, 2.05) is 6.92 Å². The van der Waals surface area contributed by atoms with Crippen molar-refractivity contribution < 1.29 is 9.59 Å². The van der Waals surface area contributed by atoms with Crippen LogP contribution in [0.25, 0.3) is 0 Å². The van der Waals surface area contributed by atoms with Gasteiger partial charge in [0.25, 0.3) is 0 Å². The summed E-state index contributed by atoms with van der Waals surface area (Å²) in [5, 5.41) is 2.53. The Kier molecular flexibility index (Phi) is 6.20. The number of Topliss-reactive ketones (excluding diaryl/α,β-unsaturated/α-hetero) is 1. The highest BCUT2D eigenvalue weighted by Gasteiger charge is 2.14. The second kappa shape index (κ2) is 6.63. The van der Waals surface area contributed by atoms with Gasteiger partial charge in [0, 0.05) is 12.8 Å². The average Bonchev–Trinajstić information content (AvgIpc) is 2.10. The van der Waals surface area contributed by atoms with E-state index in [-0.39, 0.29) is 24.2 Å². The molecule has 76 valence electrons. The molecule has 0 saturated heterocycles. The number of hydrogen-bond acceptors (Lipinski definition) is 2. The van der Waals surface area contributed by atoms with Crippen LogP contribution in [0.1, 0.15) is 40.0 Å². The van der Waals surface area contributed by atoms with Crippen LogP contribution in [0.2, 0.25) is 0 Å². The van der Waals surface area contributed by atoms with Crippen LogP contribution in [0.4, 0.5) is 0 Å². The molecule has 0 fully saturated rings. The fourth-order valence-electron chi connectivity index (χ4n) is 1.30. The second-order valence-electron chi connectivity index (χ2n) is 3.27. The maximum absolute atomic E-state index is 11.5. The highest BCUT2D eigenvalue weighted by molar-refractivity contribution is 5.86. The molecule has 3 heteroatoms. The normalized spacial score (nSPS) is 12.2. The highest BCUT2D eigenvalue weighted by Crippen LogP contribution is 2.11. The first-order chi connectivity index (χ1) is 6.11. The average molecular weight is 185 g/mol. The summed E-state index contributed by atoms with van der Waals surface area (Å²) < 4.78 is 0. The van der Waals surface area contributed by atoms with Gasteiger partial charge in [0.05, 0.1) is 6.54 Å². The first-order valence-corrected chi connectivity index (χ1v) is 4.88. The molecule has 1 atom stereocenters. The minimum Gasteiger partial charge on any atom is -0.349 e. The standard InChI is InChI=1S/C10H19NO2/c1-4-6-9(5-2)10(13)7-11-8(3)12/h9H,4-7H2,1-3H3,(H,11,12). The van der Waals surface area contributed by atoms with Gasteiger partial charge in [0.2, 0.25) is 5.91 Å². The minimum atomic E-state index is -0.139. The van der Waals surface area contributed by atoms with Crippen molar-refractivity contribution in [3.05, 3.63) is 0 Å². The van der Waals surface area contributed by atoms with Crippen LogP contribution in [0.3, 0.4) is 0 Å². The van der Waals surface area contributed by atoms with Crippen LogP contribution in [0.15, 0.2) is 0 Å². The molecule has 0 aliphatic heterocycles. The van der Waals surface area contributed by atoms with Gasteiger partial charge in [-0.05, 0) is 12.8 Å². The molecule has 0 radical (unpaired) electrons. The highest BCUT2D eigenvalue weighted by atomic mass is 16.2. The summed E-state index contributed by atoms with van der Waals surface area (Å²) in [7, 11) is 0. The summed E-state index contributed by atoms with van der Waals surface area (Å²) in [6, 6.07) is 0. The van der Waals surface area contributed by atoms with E-state index in [0.29, 0.717) is 0 Å². The maximum atomic E-state index is 11.5. The Bertz CT molecular complexity index is 178. The van der Waals surface area contributed by atoms with Crippen molar-refractivity contribution in [2.45, 2.75) is 40.0 Å². The van der Waals surface area contributed by atoms with E-state index in [1.165, 1.54) is 6.92 Å². The lowest BCUT2D eigenvalue weighted by Crippen LogP contribution is -2.31. The third kappa shape index (κ3) is 5.39. The molecular formula is C10H19NO2. The van der Waals surface area contributed by atoms with Gasteiger partial charge < -0.3 is 5.32 Å². The Labute approximate surface area is 79.9 Å². The topological polar surface area (TPSA) is 46.2 Å². The fraction of sp³-hybridized carbons (Fsp3) is 0.800. The van der Waals surface area contributed by atoms with E-state index in [4.69, 9.17) is 0 Å². The molecule has 0 aromatic rings. The summed E-state index contributed by atoms with van der Waals surface area (Å²) in [5.74, 6) is 0.135. The van der Waals surface area contributed by atoms with Crippen molar-refractivity contribution >= 4 is 11.7 Å². The summed E-state index contributed by atoms with van der Waals surface area (Å²) in [6.45, 7) is 5.68. The number of amides is 1. The predicted molar refractivity (Wildman–Crippen MR) is 52.4 cm³/mol. The molecule has 0 aliphatic carbocycles. The lowest BCUT2D eigenvalue weighted by atomic mass is 9.96. The molecule has 13 heavy (non-hydrogen) atoms. The van der Waals surface area contributed by atoms with Crippen molar-refractivity contribution in [3.8, 4) is 0 Å². The Balaban J connectivity index is 3.84. The van der Waals surface area contributed by atoms with Crippen molar-refractivity contribution in [1.29, 1.82) is 0 Å². The molecule has 1 amide bonds. The molecule has 0 aromatic heterocycles. The van der Waals surface area contributed by atoms with Gasteiger partial charge in [-0.25, -0.2) is 0 Å². The van der Waals surface area contributed by atoms with Crippen LogP contribution in [0, 0.1) is 5.92 Å². The smallest absolute Gasteiger partial charge is 0.217 e. The van der Waals surface area contributed by atoms with Gasteiger partial charge in [-0.3, -0.25) is 9.59 Å². The number of nitrogens with one attached hydrogen (secondary N) is 1. The molecule has 3 nitrogen and oxygen atoms in total. The molecule has 0 aromatic carbocycles. The van der Waals surface area contributed by atoms with E-state index in [1.54, 1.807) is 0 Å². The van der Waals surface area contributed by atoms with Crippen molar-refractivity contribution in [2.75, 3.05) is 6.54 Å². The van der Waals surface area contributed by atoms with E-state index in [0.717, 1.165) is 19.3 Å². The quantitative estimate of drug-likeness (QED) is 0.682.